The maximum absolute atomic E-state index is 5.45. The Bertz CT molecular complexity index is 769. The van der Waals surface area contributed by atoms with E-state index in [2.05, 4.69) is 40.7 Å². The first-order chi connectivity index (χ1) is 14.1. The van der Waals surface area contributed by atoms with Crippen LogP contribution in [0.4, 0.5) is 0 Å². The first-order valence-corrected chi connectivity index (χ1v) is 10.3. The number of hydrogen-bond acceptors (Lipinski definition) is 5. The second-order valence-electron chi connectivity index (χ2n) is 6.88. The highest BCUT2D eigenvalue weighted by atomic mass is 16.5. The monoisotopic (exact) mass is 402 g/mol. The SMILES string of the molecule is CCC(CC)c1cc(CNC(=NC)NCCCc2ccc(OC)c(OC)c2)on1. The minimum absolute atomic E-state index is 0.460. The Hall–Kier alpha value is -2.70. The van der Waals surface area contributed by atoms with E-state index in [0.717, 1.165) is 61.1 Å². The quantitative estimate of drug-likeness (QED) is 0.337. The molecule has 7 nitrogen and oxygen atoms in total. The molecule has 29 heavy (non-hydrogen) atoms. The summed E-state index contributed by atoms with van der Waals surface area (Å²) in [6.45, 7) is 5.72. The van der Waals surface area contributed by atoms with Crippen LogP contribution in [-0.2, 0) is 13.0 Å². The molecule has 0 aliphatic heterocycles. The summed E-state index contributed by atoms with van der Waals surface area (Å²) in [5, 5.41) is 10.8. The highest BCUT2D eigenvalue weighted by Crippen LogP contribution is 2.27. The normalized spacial score (nSPS) is 11.6. The molecule has 7 heteroatoms. The standard InChI is InChI=1S/C22H34N4O3/c1-6-17(7-2)19-14-18(29-26-19)15-25-22(23-3)24-12-8-9-16-10-11-20(27-4)21(13-16)28-5/h10-11,13-14,17H,6-9,12,15H2,1-5H3,(H2,23,24,25). The highest BCUT2D eigenvalue weighted by Gasteiger charge is 2.13. The molecule has 0 radical (unpaired) electrons. The number of nitrogens with one attached hydrogen (secondary N) is 2. The summed E-state index contributed by atoms with van der Waals surface area (Å²) in [6, 6.07) is 8.06. The van der Waals surface area contributed by atoms with Crippen LogP contribution in [0.25, 0.3) is 0 Å². The van der Waals surface area contributed by atoms with Gasteiger partial charge in [-0.3, -0.25) is 4.99 Å². The van der Waals surface area contributed by atoms with Gasteiger partial charge in [-0.15, -0.1) is 0 Å². The van der Waals surface area contributed by atoms with Crippen molar-refractivity contribution >= 4 is 5.96 Å². The van der Waals surface area contributed by atoms with Crippen molar-refractivity contribution in [3.8, 4) is 11.5 Å². The molecule has 0 saturated heterocycles. The maximum atomic E-state index is 5.45. The Kier molecular flexibility index (Phi) is 9.34. The van der Waals surface area contributed by atoms with Crippen molar-refractivity contribution in [1.29, 1.82) is 0 Å². The molecule has 2 aromatic rings. The van der Waals surface area contributed by atoms with Crippen LogP contribution >= 0.6 is 0 Å². The molecule has 2 rings (SSSR count). The van der Waals surface area contributed by atoms with E-state index in [1.165, 1.54) is 5.56 Å². The number of ether oxygens (including phenoxy) is 2. The van der Waals surface area contributed by atoms with Gasteiger partial charge in [0.05, 0.1) is 26.5 Å². The van der Waals surface area contributed by atoms with Crippen LogP contribution in [0.5, 0.6) is 11.5 Å². The average molecular weight is 403 g/mol. The second-order valence-corrected chi connectivity index (χ2v) is 6.88. The van der Waals surface area contributed by atoms with Gasteiger partial charge in [0.1, 0.15) is 0 Å². The van der Waals surface area contributed by atoms with E-state index in [9.17, 15) is 0 Å². The third-order valence-corrected chi connectivity index (χ3v) is 5.02. The van der Waals surface area contributed by atoms with Crippen molar-refractivity contribution in [3.05, 3.63) is 41.3 Å². The summed E-state index contributed by atoms with van der Waals surface area (Å²) >= 11 is 0. The minimum atomic E-state index is 0.460. The fraction of sp³-hybridized carbons (Fsp3) is 0.545. The smallest absolute Gasteiger partial charge is 0.191 e. The summed E-state index contributed by atoms with van der Waals surface area (Å²) in [5.74, 6) is 3.54. The summed E-state index contributed by atoms with van der Waals surface area (Å²) < 4.78 is 16.1. The van der Waals surface area contributed by atoms with Gasteiger partial charge in [0.15, 0.2) is 23.2 Å². The van der Waals surface area contributed by atoms with Gasteiger partial charge >= 0.3 is 0 Å². The van der Waals surface area contributed by atoms with Gasteiger partial charge in [0.25, 0.3) is 0 Å². The molecule has 0 atom stereocenters. The molecule has 0 saturated carbocycles. The fourth-order valence-corrected chi connectivity index (χ4v) is 3.24. The molecular formula is C22H34N4O3. The minimum Gasteiger partial charge on any atom is -0.493 e. The predicted octanol–water partition coefficient (Wildman–Crippen LogP) is 3.89. The molecular weight excluding hydrogens is 368 g/mol. The molecule has 1 aromatic heterocycles. The molecule has 1 heterocycles. The number of methoxy groups -OCH3 is 2. The van der Waals surface area contributed by atoms with Crippen molar-refractivity contribution in [3.63, 3.8) is 0 Å². The Morgan fingerprint density at radius 2 is 1.86 bits per heavy atom. The highest BCUT2D eigenvalue weighted by molar-refractivity contribution is 5.79. The first-order valence-electron chi connectivity index (χ1n) is 10.3. The van der Waals surface area contributed by atoms with Gasteiger partial charge in [-0.2, -0.15) is 0 Å². The zero-order chi connectivity index (χ0) is 21.1. The lowest BCUT2D eigenvalue weighted by Crippen LogP contribution is -2.37. The molecule has 0 unspecified atom stereocenters. The first kappa shape index (κ1) is 22.6. The van der Waals surface area contributed by atoms with Crippen LogP contribution in [-0.4, -0.2) is 38.9 Å². The van der Waals surface area contributed by atoms with E-state index in [-0.39, 0.29) is 0 Å². The van der Waals surface area contributed by atoms with E-state index in [4.69, 9.17) is 14.0 Å². The van der Waals surface area contributed by atoms with Crippen LogP contribution in [0.2, 0.25) is 0 Å². The zero-order valence-corrected chi connectivity index (χ0v) is 18.2. The molecule has 160 valence electrons. The van der Waals surface area contributed by atoms with Crippen molar-refractivity contribution in [2.75, 3.05) is 27.8 Å². The maximum Gasteiger partial charge on any atom is 0.191 e. The lowest BCUT2D eigenvalue weighted by molar-refractivity contribution is 0.354. The Morgan fingerprint density at radius 3 is 2.52 bits per heavy atom. The predicted molar refractivity (Wildman–Crippen MR) is 116 cm³/mol. The van der Waals surface area contributed by atoms with E-state index >= 15 is 0 Å². The average Bonchev–Trinajstić information content (AvgIpc) is 3.22. The van der Waals surface area contributed by atoms with Crippen LogP contribution < -0.4 is 20.1 Å². The number of aryl methyl sites for hydroxylation is 1. The molecule has 0 amide bonds. The Morgan fingerprint density at radius 1 is 1.10 bits per heavy atom. The van der Waals surface area contributed by atoms with Gasteiger partial charge in [-0.1, -0.05) is 25.1 Å². The number of benzene rings is 1. The lowest BCUT2D eigenvalue weighted by Gasteiger charge is -2.12. The molecule has 0 bridgehead atoms. The largest absolute Gasteiger partial charge is 0.493 e. The van der Waals surface area contributed by atoms with E-state index < -0.39 is 0 Å². The fourth-order valence-electron chi connectivity index (χ4n) is 3.24. The number of aromatic nitrogens is 1. The zero-order valence-electron chi connectivity index (χ0n) is 18.2. The van der Waals surface area contributed by atoms with Crippen LogP contribution in [0.1, 0.15) is 56.0 Å². The number of nitrogens with zero attached hydrogens (tertiary/aromatic N) is 2. The molecule has 1 aromatic carbocycles. The van der Waals surface area contributed by atoms with Gasteiger partial charge in [0, 0.05) is 25.6 Å². The molecule has 0 fully saturated rings. The molecule has 2 N–H and O–H groups in total. The van der Waals surface area contributed by atoms with Crippen molar-refractivity contribution in [2.24, 2.45) is 4.99 Å². The second kappa shape index (κ2) is 12.0. The topological polar surface area (TPSA) is 80.9 Å². The summed E-state index contributed by atoms with van der Waals surface area (Å²) in [6.07, 6.45) is 4.04. The van der Waals surface area contributed by atoms with Gasteiger partial charge < -0.3 is 24.6 Å². The Balaban J connectivity index is 1.75. The van der Waals surface area contributed by atoms with Gasteiger partial charge in [-0.05, 0) is 43.4 Å². The summed E-state index contributed by atoms with van der Waals surface area (Å²) in [4.78, 5) is 4.27. The summed E-state index contributed by atoms with van der Waals surface area (Å²) in [7, 11) is 5.06. The summed E-state index contributed by atoms with van der Waals surface area (Å²) in [5.41, 5.74) is 2.24. The van der Waals surface area contributed by atoms with Gasteiger partial charge in [-0.25, -0.2) is 0 Å². The lowest BCUT2D eigenvalue weighted by atomic mass is 9.99. The van der Waals surface area contributed by atoms with E-state index in [1.807, 2.05) is 18.2 Å². The number of rotatable bonds is 11. The third kappa shape index (κ3) is 6.69. The van der Waals surface area contributed by atoms with E-state index in [0.29, 0.717) is 12.5 Å². The van der Waals surface area contributed by atoms with Gasteiger partial charge in [0.2, 0.25) is 0 Å². The van der Waals surface area contributed by atoms with Crippen molar-refractivity contribution in [1.82, 2.24) is 15.8 Å². The van der Waals surface area contributed by atoms with Crippen molar-refractivity contribution in [2.45, 2.75) is 52.0 Å². The van der Waals surface area contributed by atoms with E-state index in [1.54, 1.807) is 21.3 Å². The number of hydrogen-bond donors (Lipinski definition) is 2. The Labute approximate surface area is 173 Å². The van der Waals surface area contributed by atoms with Crippen LogP contribution in [0.3, 0.4) is 0 Å². The molecule has 0 aliphatic rings. The number of aliphatic imine (C=N–C) groups is 1. The third-order valence-electron chi connectivity index (χ3n) is 5.02. The van der Waals surface area contributed by atoms with Crippen molar-refractivity contribution < 1.29 is 14.0 Å². The number of guanidine groups is 1. The van der Waals surface area contributed by atoms with Crippen LogP contribution in [0.15, 0.2) is 33.8 Å². The molecule has 0 aliphatic carbocycles. The molecule has 0 spiro atoms. The van der Waals surface area contributed by atoms with Crippen LogP contribution in [0, 0.1) is 0 Å².